The number of fused-ring (bicyclic) bond motifs is 1. The van der Waals surface area contributed by atoms with Gasteiger partial charge >= 0.3 is 0 Å². The molecule has 5 nitrogen and oxygen atoms in total. The van der Waals surface area contributed by atoms with Crippen molar-refractivity contribution in [3.63, 3.8) is 0 Å². The van der Waals surface area contributed by atoms with Gasteiger partial charge in [0, 0.05) is 12.7 Å². The molecule has 0 bridgehead atoms. The Morgan fingerprint density at radius 3 is 2.67 bits per heavy atom. The topological polar surface area (TPSA) is 48.7 Å². The summed E-state index contributed by atoms with van der Waals surface area (Å²) in [6.45, 7) is 7.52. The number of hydrogen-bond acceptors (Lipinski definition) is 4. The van der Waals surface area contributed by atoms with E-state index in [-0.39, 0.29) is 5.41 Å². The fourth-order valence-electron chi connectivity index (χ4n) is 1.75. The first kappa shape index (κ1) is 12.8. The molecule has 0 fully saturated rings. The van der Waals surface area contributed by atoms with Gasteiger partial charge in [-0.2, -0.15) is 5.10 Å². The lowest BCUT2D eigenvalue weighted by Crippen LogP contribution is -2.11. The van der Waals surface area contributed by atoms with Gasteiger partial charge in [0.1, 0.15) is 6.61 Å². The maximum Gasteiger partial charge on any atom is 0.232 e. The third kappa shape index (κ3) is 2.61. The van der Waals surface area contributed by atoms with Gasteiger partial charge in [-0.1, -0.05) is 20.8 Å². The molecule has 0 aromatic carbocycles. The third-order valence-electron chi connectivity index (χ3n) is 2.73. The molecule has 0 N–H and O–H groups in total. The Kier molecular flexibility index (Phi) is 3.52. The first-order chi connectivity index (χ1) is 8.52. The zero-order valence-electron chi connectivity index (χ0n) is 11.3. The number of rotatable bonds is 4. The van der Waals surface area contributed by atoms with E-state index in [1.165, 1.54) is 5.56 Å². The Morgan fingerprint density at radius 2 is 2.00 bits per heavy atom. The summed E-state index contributed by atoms with van der Waals surface area (Å²) in [5, 5.41) is 4.34. The minimum atomic E-state index is 0.0574. The average molecular weight is 249 g/mol. The van der Waals surface area contributed by atoms with Gasteiger partial charge in [0.15, 0.2) is 0 Å². The minimum Gasteiger partial charge on any atom is -0.474 e. The third-order valence-corrected chi connectivity index (χ3v) is 2.73. The highest BCUT2D eigenvalue weighted by atomic mass is 16.5. The molecule has 18 heavy (non-hydrogen) atoms. The molecule has 0 unspecified atom stereocenters. The second kappa shape index (κ2) is 4.94. The SMILES string of the molecule is COCCOc1cn2ncc(C(C)(C)C)c2cn1. The average Bonchev–Trinajstić information content (AvgIpc) is 2.72. The fraction of sp³-hybridized carbons (Fsp3) is 0.538. The Balaban J connectivity index is 2.26. The normalized spacial score (nSPS) is 12.0. The lowest BCUT2D eigenvalue weighted by atomic mass is 9.88. The molecule has 2 rings (SSSR count). The van der Waals surface area contributed by atoms with Crippen LogP contribution in [0.25, 0.3) is 5.52 Å². The fourth-order valence-corrected chi connectivity index (χ4v) is 1.75. The summed E-state index contributed by atoms with van der Waals surface area (Å²) in [6, 6.07) is 0. The van der Waals surface area contributed by atoms with Crippen LogP contribution >= 0.6 is 0 Å². The first-order valence-corrected chi connectivity index (χ1v) is 5.98. The largest absolute Gasteiger partial charge is 0.474 e. The highest BCUT2D eigenvalue weighted by Gasteiger charge is 2.19. The van der Waals surface area contributed by atoms with Gasteiger partial charge in [0.25, 0.3) is 0 Å². The molecule has 0 radical (unpaired) electrons. The van der Waals surface area contributed by atoms with Crippen LogP contribution in [0.1, 0.15) is 26.3 Å². The van der Waals surface area contributed by atoms with Crippen molar-refractivity contribution in [2.45, 2.75) is 26.2 Å². The van der Waals surface area contributed by atoms with E-state index in [9.17, 15) is 0 Å². The van der Waals surface area contributed by atoms with Gasteiger partial charge < -0.3 is 9.47 Å². The molecular formula is C13H19N3O2. The molecule has 0 aliphatic carbocycles. The summed E-state index contributed by atoms with van der Waals surface area (Å²) >= 11 is 0. The van der Waals surface area contributed by atoms with E-state index in [0.29, 0.717) is 19.1 Å². The second-order valence-electron chi connectivity index (χ2n) is 5.20. The van der Waals surface area contributed by atoms with Crippen molar-refractivity contribution >= 4 is 5.52 Å². The van der Waals surface area contributed by atoms with Crippen molar-refractivity contribution in [2.75, 3.05) is 20.3 Å². The molecule has 2 aromatic rings. The van der Waals surface area contributed by atoms with E-state index in [1.54, 1.807) is 24.0 Å². The van der Waals surface area contributed by atoms with Crippen LogP contribution in [0.3, 0.4) is 0 Å². The predicted molar refractivity (Wildman–Crippen MR) is 69.1 cm³/mol. The summed E-state index contributed by atoms with van der Waals surface area (Å²) in [5.41, 5.74) is 2.25. The van der Waals surface area contributed by atoms with Crippen LogP contribution in [0.15, 0.2) is 18.6 Å². The Morgan fingerprint density at radius 1 is 1.22 bits per heavy atom. The summed E-state index contributed by atoms with van der Waals surface area (Å²) in [7, 11) is 1.64. The maximum absolute atomic E-state index is 5.45. The van der Waals surface area contributed by atoms with E-state index >= 15 is 0 Å². The van der Waals surface area contributed by atoms with Crippen LogP contribution in [0.5, 0.6) is 5.88 Å². The van der Waals surface area contributed by atoms with Crippen LogP contribution in [0, 0.1) is 0 Å². The number of nitrogens with zero attached hydrogens (tertiary/aromatic N) is 3. The van der Waals surface area contributed by atoms with Crippen molar-refractivity contribution in [1.29, 1.82) is 0 Å². The van der Waals surface area contributed by atoms with Crippen LogP contribution in [0.4, 0.5) is 0 Å². The van der Waals surface area contributed by atoms with Gasteiger partial charge in [-0.25, -0.2) is 9.50 Å². The zero-order valence-corrected chi connectivity index (χ0v) is 11.3. The van der Waals surface area contributed by atoms with Crippen LogP contribution < -0.4 is 4.74 Å². The van der Waals surface area contributed by atoms with Crippen molar-refractivity contribution in [3.05, 3.63) is 24.2 Å². The van der Waals surface area contributed by atoms with E-state index < -0.39 is 0 Å². The van der Waals surface area contributed by atoms with Crippen LogP contribution in [0.2, 0.25) is 0 Å². The molecule has 5 heteroatoms. The quantitative estimate of drug-likeness (QED) is 0.778. The van der Waals surface area contributed by atoms with E-state index in [0.717, 1.165) is 5.52 Å². The lowest BCUT2D eigenvalue weighted by molar-refractivity contribution is 0.143. The van der Waals surface area contributed by atoms with Gasteiger partial charge in [-0.05, 0) is 5.41 Å². The maximum atomic E-state index is 5.45. The number of methoxy groups -OCH3 is 1. The van der Waals surface area contributed by atoms with Gasteiger partial charge in [0.2, 0.25) is 5.88 Å². The van der Waals surface area contributed by atoms with Crippen molar-refractivity contribution in [2.24, 2.45) is 0 Å². The molecule has 0 saturated carbocycles. The van der Waals surface area contributed by atoms with E-state index in [1.807, 2.05) is 6.20 Å². The summed E-state index contributed by atoms with van der Waals surface area (Å²) < 4.78 is 12.2. The van der Waals surface area contributed by atoms with Crippen molar-refractivity contribution < 1.29 is 9.47 Å². The Labute approximate surface area is 107 Å². The molecule has 2 heterocycles. The van der Waals surface area contributed by atoms with Crippen molar-refractivity contribution in [1.82, 2.24) is 14.6 Å². The number of aromatic nitrogens is 3. The van der Waals surface area contributed by atoms with Gasteiger partial charge in [0.05, 0.1) is 30.7 Å². The molecule has 2 aromatic heterocycles. The van der Waals surface area contributed by atoms with E-state index in [2.05, 4.69) is 30.9 Å². The zero-order chi connectivity index (χ0) is 13.2. The van der Waals surface area contributed by atoms with Gasteiger partial charge in [-0.3, -0.25) is 0 Å². The predicted octanol–water partition coefficient (Wildman–Crippen LogP) is 2.05. The summed E-state index contributed by atoms with van der Waals surface area (Å²) in [4.78, 5) is 4.29. The molecule has 0 atom stereocenters. The number of hydrogen-bond donors (Lipinski definition) is 0. The standard InChI is InChI=1S/C13H19N3O2/c1-13(2,3)10-7-15-16-9-12(14-8-11(10)16)18-6-5-17-4/h7-9H,5-6H2,1-4H3. The molecular weight excluding hydrogens is 230 g/mol. The van der Waals surface area contributed by atoms with Gasteiger partial charge in [-0.15, -0.1) is 0 Å². The van der Waals surface area contributed by atoms with Crippen molar-refractivity contribution in [3.8, 4) is 5.88 Å². The molecule has 0 amide bonds. The molecule has 0 spiro atoms. The Hall–Kier alpha value is -1.62. The monoisotopic (exact) mass is 249 g/mol. The van der Waals surface area contributed by atoms with E-state index in [4.69, 9.17) is 9.47 Å². The number of ether oxygens (including phenoxy) is 2. The Bertz CT molecular complexity index is 529. The molecule has 0 aliphatic heterocycles. The lowest BCUT2D eigenvalue weighted by Gasteiger charge is -2.16. The summed E-state index contributed by atoms with van der Waals surface area (Å²) in [5.74, 6) is 0.558. The first-order valence-electron chi connectivity index (χ1n) is 5.98. The van der Waals surface area contributed by atoms with Crippen LogP contribution in [-0.4, -0.2) is 34.9 Å². The second-order valence-corrected chi connectivity index (χ2v) is 5.20. The minimum absolute atomic E-state index is 0.0574. The summed E-state index contributed by atoms with van der Waals surface area (Å²) in [6.07, 6.45) is 5.48. The highest BCUT2D eigenvalue weighted by Crippen LogP contribution is 2.26. The molecule has 98 valence electrons. The smallest absolute Gasteiger partial charge is 0.232 e. The van der Waals surface area contributed by atoms with Crippen LogP contribution in [-0.2, 0) is 10.2 Å². The molecule has 0 saturated heterocycles. The highest BCUT2D eigenvalue weighted by molar-refractivity contribution is 5.55. The molecule has 0 aliphatic rings.